The average molecular weight is 598 g/mol. The van der Waals surface area contributed by atoms with Gasteiger partial charge in [-0.25, -0.2) is 0 Å². The summed E-state index contributed by atoms with van der Waals surface area (Å²) < 4.78 is 0. The van der Waals surface area contributed by atoms with Crippen LogP contribution in [0.25, 0.3) is 0 Å². The molecule has 0 aromatic rings. The molecule has 0 radical (unpaired) electrons. The molecule has 6 amide bonds. The Morgan fingerprint density at radius 1 is 0.952 bits per heavy atom. The number of aliphatic hydroxyl groups is 1. The van der Waals surface area contributed by atoms with E-state index < -0.39 is 71.8 Å². The summed E-state index contributed by atoms with van der Waals surface area (Å²) in [6.45, 7) is 7.94. The van der Waals surface area contributed by atoms with Gasteiger partial charge in [-0.3, -0.25) is 33.8 Å². The molecule has 0 bridgehead atoms. The normalized spacial score (nSPS) is 18.8. The molecule has 16 heteroatoms. The molecule has 7 atom stereocenters. The molecule has 0 unspecified atom stereocenters. The molecule has 1 saturated heterocycles. The van der Waals surface area contributed by atoms with Gasteiger partial charge in [-0.1, -0.05) is 20.3 Å². The molecule has 11 N–H and O–H groups in total. The summed E-state index contributed by atoms with van der Waals surface area (Å²) >= 11 is 0. The molecule has 16 nitrogen and oxygen atoms in total. The van der Waals surface area contributed by atoms with E-state index in [4.69, 9.17) is 17.2 Å². The molecule has 238 valence electrons. The van der Waals surface area contributed by atoms with Crippen molar-refractivity contribution in [1.29, 1.82) is 0 Å². The molecule has 1 fully saturated rings. The number of hydrogen-bond acceptors (Lipinski definition) is 8. The van der Waals surface area contributed by atoms with Gasteiger partial charge in [0.15, 0.2) is 5.96 Å². The Bertz CT molecular complexity index is 1020. The van der Waals surface area contributed by atoms with Gasteiger partial charge in [0, 0.05) is 20.0 Å². The lowest BCUT2D eigenvalue weighted by Gasteiger charge is -2.31. The first-order valence-electron chi connectivity index (χ1n) is 14.1. The van der Waals surface area contributed by atoms with Crippen molar-refractivity contribution in [2.75, 3.05) is 13.1 Å². The highest BCUT2D eigenvalue weighted by Gasteiger charge is 2.39. The second-order valence-corrected chi connectivity index (χ2v) is 10.6. The van der Waals surface area contributed by atoms with Crippen LogP contribution in [-0.4, -0.2) is 101 Å². The molecule has 42 heavy (non-hydrogen) atoms. The van der Waals surface area contributed by atoms with E-state index in [-0.39, 0.29) is 31.4 Å². The second-order valence-electron chi connectivity index (χ2n) is 10.6. The van der Waals surface area contributed by atoms with Crippen LogP contribution < -0.4 is 38.5 Å². The molecular formula is C26H47N9O7. The van der Waals surface area contributed by atoms with Gasteiger partial charge in [-0.05, 0) is 45.4 Å². The molecule has 0 saturated carbocycles. The topological polar surface area (TPSA) is 264 Å². The molecule has 0 aliphatic carbocycles. The van der Waals surface area contributed by atoms with Crippen LogP contribution in [0, 0.1) is 5.92 Å². The van der Waals surface area contributed by atoms with Gasteiger partial charge in [0.1, 0.15) is 30.2 Å². The van der Waals surface area contributed by atoms with E-state index >= 15 is 0 Å². The largest absolute Gasteiger partial charge is 0.391 e. The van der Waals surface area contributed by atoms with Crippen molar-refractivity contribution in [3.05, 3.63) is 0 Å². The number of rotatable bonds is 16. The maximum Gasteiger partial charge on any atom is 0.245 e. The summed E-state index contributed by atoms with van der Waals surface area (Å²) in [4.78, 5) is 81.4. The number of primary amides is 1. The Hall–Kier alpha value is -3.95. The summed E-state index contributed by atoms with van der Waals surface area (Å²) in [5.41, 5.74) is 16.0. The lowest BCUT2D eigenvalue weighted by Crippen LogP contribution is -2.61. The standard InChI is InChI=1S/C26H47N9O7/c1-6-13(2)19(34-24(41)20(15(4)36)32-16(5)37)23(40)33-17(9-7-11-30-26(28)29)25(42)35-12-8-10-18(35)22(39)31-14(3)21(27)38/h13-15,17-20,36H,6-12H2,1-5H3,(H2,27,38)(H,31,39)(H,32,37)(H,33,40)(H,34,41)(H4,28,29,30)/t13-,14+,15+,17-,18-,19-,20-/m0/s1. The molecule has 0 aromatic heterocycles. The van der Waals surface area contributed by atoms with Crippen LogP contribution in [0.4, 0.5) is 0 Å². The maximum absolute atomic E-state index is 13.7. The van der Waals surface area contributed by atoms with Crippen LogP contribution >= 0.6 is 0 Å². The monoisotopic (exact) mass is 597 g/mol. The quantitative estimate of drug-likeness (QED) is 0.0508. The van der Waals surface area contributed by atoms with Crippen LogP contribution in [0.2, 0.25) is 0 Å². The first-order valence-corrected chi connectivity index (χ1v) is 14.1. The lowest BCUT2D eigenvalue weighted by molar-refractivity contribution is -0.142. The van der Waals surface area contributed by atoms with Gasteiger partial charge >= 0.3 is 0 Å². The molecule has 0 spiro atoms. The van der Waals surface area contributed by atoms with E-state index in [0.717, 1.165) is 0 Å². The summed E-state index contributed by atoms with van der Waals surface area (Å²) in [7, 11) is 0. The van der Waals surface area contributed by atoms with Gasteiger partial charge in [-0.2, -0.15) is 0 Å². The van der Waals surface area contributed by atoms with Crippen LogP contribution in [0.1, 0.15) is 66.7 Å². The Labute approximate surface area is 245 Å². The smallest absolute Gasteiger partial charge is 0.245 e. The maximum atomic E-state index is 13.7. The minimum absolute atomic E-state index is 0.118. The number of nitrogens with two attached hydrogens (primary N) is 3. The number of guanidine groups is 1. The van der Waals surface area contributed by atoms with E-state index in [1.165, 1.54) is 25.7 Å². The van der Waals surface area contributed by atoms with E-state index in [9.17, 15) is 33.9 Å². The number of nitrogens with zero attached hydrogens (tertiary/aromatic N) is 2. The molecule has 1 aliphatic rings. The van der Waals surface area contributed by atoms with Crippen molar-refractivity contribution in [2.24, 2.45) is 28.1 Å². The van der Waals surface area contributed by atoms with Crippen molar-refractivity contribution in [3.63, 3.8) is 0 Å². The molecule has 1 rings (SSSR count). The highest BCUT2D eigenvalue weighted by atomic mass is 16.3. The number of amides is 6. The Balaban J connectivity index is 3.22. The fourth-order valence-electron chi connectivity index (χ4n) is 4.48. The molecule has 1 heterocycles. The second kappa shape index (κ2) is 17.1. The minimum atomic E-state index is -1.30. The summed E-state index contributed by atoms with van der Waals surface area (Å²) in [5, 5.41) is 20.2. The van der Waals surface area contributed by atoms with Gasteiger partial charge in [0.25, 0.3) is 0 Å². The Morgan fingerprint density at radius 3 is 2.10 bits per heavy atom. The number of carbonyl (C=O) groups is 6. The highest BCUT2D eigenvalue weighted by Crippen LogP contribution is 2.20. The fourth-order valence-corrected chi connectivity index (χ4v) is 4.48. The number of nitrogens with one attached hydrogen (secondary N) is 4. The minimum Gasteiger partial charge on any atom is -0.391 e. The number of aliphatic imine (C=N–C) groups is 1. The van der Waals surface area contributed by atoms with Gasteiger partial charge in [-0.15, -0.1) is 0 Å². The third kappa shape index (κ3) is 11.1. The number of aliphatic hydroxyl groups excluding tert-OH is 1. The van der Waals surface area contributed by atoms with Crippen molar-refractivity contribution in [1.82, 2.24) is 26.2 Å². The molecular weight excluding hydrogens is 550 g/mol. The third-order valence-corrected chi connectivity index (χ3v) is 7.10. The summed E-state index contributed by atoms with van der Waals surface area (Å²) in [6, 6.07) is -5.32. The van der Waals surface area contributed by atoms with Crippen molar-refractivity contribution in [3.8, 4) is 0 Å². The SMILES string of the molecule is CC[C@H](C)[C@H](NC(=O)[C@@H](NC(C)=O)[C@@H](C)O)C(=O)N[C@@H](CCCN=C(N)N)C(=O)N1CCC[C@H]1C(=O)N[C@H](C)C(N)=O. The van der Waals surface area contributed by atoms with Crippen molar-refractivity contribution >= 4 is 41.4 Å². The fraction of sp³-hybridized carbons (Fsp3) is 0.731. The van der Waals surface area contributed by atoms with E-state index in [2.05, 4.69) is 26.3 Å². The molecule has 1 aliphatic heterocycles. The Kier molecular flexibility index (Phi) is 14.7. The van der Waals surface area contributed by atoms with Crippen LogP contribution in [0.5, 0.6) is 0 Å². The molecule has 0 aromatic carbocycles. The van der Waals surface area contributed by atoms with Crippen LogP contribution in [0.3, 0.4) is 0 Å². The number of hydrogen-bond donors (Lipinski definition) is 8. The predicted molar refractivity (Wildman–Crippen MR) is 154 cm³/mol. The van der Waals surface area contributed by atoms with Crippen LogP contribution in [-0.2, 0) is 28.8 Å². The van der Waals surface area contributed by atoms with Crippen molar-refractivity contribution in [2.45, 2.75) is 103 Å². The first kappa shape index (κ1) is 36.1. The van der Waals surface area contributed by atoms with Crippen LogP contribution in [0.15, 0.2) is 4.99 Å². The van der Waals surface area contributed by atoms with Gasteiger partial charge in [0.2, 0.25) is 35.4 Å². The zero-order chi connectivity index (χ0) is 32.1. The summed E-state index contributed by atoms with van der Waals surface area (Å²) in [5.74, 6) is -4.27. The number of likely N-dealkylation sites (tertiary alicyclic amines) is 1. The van der Waals surface area contributed by atoms with E-state index in [1.807, 2.05) is 6.92 Å². The average Bonchev–Trinajstić information content (AvgIpc) is 3.40. The van der Waals surface area contributed by atoms with Gasteiger partial charge in [0.05, 0.1) is 6.10 Å². The van der Waals surface area contributed by atoms with Crippen molar-refractivity contribution < 1.29 is 33.9 Å². The van der Waals surface area contributed by atoms with E-state index in [1.54, 1.807) is 6.92 Å². The first-order chi connectivity index (χ1) is 19.6. The third-order valence-electron chi connectivity index (χ3n) is 7.10. The van der Waals surface area contributed by atoms with E-state index in [0.29, 0.717) is 25.7 Å². The summed E-state index contributed by atoms with van der Waals surface area (Å²) in [6.07, 6.45) is 0.549. The zero-order valence-electron chi connectivity index (χ0n) is 25.0. The van der Waals surface area contributed by atoms with Gasteiger partial charge < -0.3 is 48.5 Å². The highest BCUT2D eigenvalue weighted by molar-refractivity contribution is 5.96. The lowest BCUT2D eigenvalue weighted by atomic mass is 9.96. The Morgan fingerprint density at radius 2 is 1.57 bits per heavy atom. The number of carbonyl (C=O) groups excluding carboxylic acids is 6. The predicted octanol–water partition coefficient (Wildman–Crippen LogP) is -3.08. The zero-order valence-corrected chi connectivity index (χ0v) is 25.0.